The zero-order valence-corrected chi connectivity index (χ0v) is 19.0. The van der Waals surface area contributed by atoms with E-state index in [1.54, 1.807) is 0 Å². The molecule has 27 heavy (non-hydrogen) atoms. The highest BCUT2D eigenvalue weighted by Gasteiger charge is 2.22. The van der Waals surface area contributed by atoms with E-state index in [1.165, 1.54) is 33.4 Å². The smallest absolute Gasteiger partial charge is 0.143 e. The van der Waals surface area contributed by atoms with Crippen molar-refractivity contribution in [3.8, 4) is 22.6 Å². The summed E-state index contributed by atoms with van der Waals surface area (Å²) in [5.41, 5.74) is 7.23. The van der Waals surface area contributed by atoms with E-state index in [0.717, 1.165) is 31.2 Å². The fourth-order valence-electron chi connectivity index (χ4n) is 3.85. The topological polar surface area (TPSA) is 13.1 Å². The monoisotopic (exact) mass is 482 g/mol. The van der Waals surface area contributed by atoms with Crippen molar-refractivity contribution in [1.29, 1.82) is 0 Å². The molecule has 4 rings (SSSR count). The number of aryl methyl sites for hydroxylation is 4. The van der Waals surface area contributed by atoms with Crippen LogP contribution in [0.25, 0.3) is 33.4 Å². The third kappa shape index (κ3) is 3.07. The van der Waals surface area contributed by atoms with E-state index in [9.17, 15) is 0 Å². The lowest BCUT2D eigenvalue weighted by Gasteiger charge is -2.09. The zero-order valence-electron chi connectivity index (χ0n) is 15.8. The van der Waals surface area contributed by atoms with Crippen LogP contribution in [0.3, 0.4) is 0 Å². The summed E-state index contributed by atoms with van der Waals surface area (Å²) in [7, 11) is 0. The van der Waals surface area contributed by atoms with Crippen LogP contribution in [0.1, 0.15) is 22.3 Å². The molecule has 0 unspecified atom stereocenters. The molecule has 0 amide bonds. The summed E-state index contributed by atoms with van der Waals surface area (Å²) in [6.07, 6.45) is 0. The summed E-state index contributed by atoms with van der Waals surface area (Å²) in [5, 5.41) is 2.25. The van der Waals surface area contributed by atoms with Gasteiger partial charge in [0.2, 0.25) is 0 Å². The van der Waals surface area contributed by atoms with Gasteiger partial charge in [-0.1, -0.05) is 36.4 Å². The quantitative estimate of drug-likeness (QED) is 0.278. The molecule has 3 heteroatoms. The molecule has 4 aromatic rings. The van der Waals surface area contributed by atoms with Crippen molar-refractivity contribution >= 4 is 42.6 Å². The van der Waals surface area contributed by atoms with Crippen LogP contribution < -0.4 is 0 Å². The van der Waals surface area contributed by atoms with E-state index in [2.05, 4.69) is 108 Å². The van der Waals surface area contributed by atoms with Crippen molar-refractivity contribution in [3.05, 3.63) is 79.7 Å². The van der Waals surface area contributed by atoms with Crippen LogP contribution in [0, 0.1) is 27.7 Å². The van der Waals surface area contributed by atoms with Gasteiger partial charge in [0.25, 0.3) is 0 Å². The van der Waals surface area contributed by atoms with Gasteiger partial charge < -0.3 is 4.42 Å². The number of benzene rings is 3. The summed E-state index contributed by atoms with van der Waals surface area (Å²) in [5.74, 6) is 1.87. The van der Waals surface area contributed by atoms with Crippen molar-refractivity contribution in [2.24, 2.45) is 0 Å². The molecule has 1 nitrogen and oxygen atoms in total. The number of hydrogen-bond donors (Lipinski definition) is 0. The van der Waals surface area contributed by atoms with Gasteiger partial charge in [0.05, 0.1) is 0 Å². The fraction of sp³-hybridized carbons (Fsp3) is 0.167. The Morgan fingerprint density at radius 3 is 1.26 bits per heavy atom. The molecular formula is C24H20Br2O. The van der Waals surface area contributed by atoms with Crippen molar-refractivity contribution in [2.75, 3.05) is 0 Å². The molecule has 0 radical (unpaired) electrons. The lowest BCUT2D eigenvalue weighted by molar-refractivity contribution is 0.600. The zero-order chi connectivity index (χ0) is 19.3. The molecule has 0 aliphatic carbocycles. The average molecular weight is 484 g/mol. The van der Waals surface area contributed by atoms with E-state index in [-0.39, 0.29) is 0 Å². The van der Waals surface area contributed by atoms with E-state index < -0.39 is 0 Å². The van der Waals surface area contributed by atoms with Crippen LogP contribution in [-0.4, -0.2) is 0 Å². The van der Waals surface area contributed by atoms with Gasteiger partial charge in [0.1, 0.15) is 11.5 Å². The van der Waals surface area contributed by atoms with E-state index >= 15 is 0 Å². The molecule has 0 N–H and O–H groups in total. The number of furan rings is 1. The first-order chi connectivity index (χ1) is 12.9. The molecule has 136 valence electrons. The van der Waals surface area contributed by atoms with Crippen LogP contribution in [0.4, 0.5) is 0 Å². The van der Waals surface area contributed by atoms with Crippen LogP contribution in [0.2, 0.25) is 0 Å². The minimum Gasteiger partial charge on any atom is -0.455 e. The Morgan fingerprint density at radius 1 is 0.593 bits per heavy atom. The molecule has 0 atom stereocenters. The minimum absolute atomic E-state index is 0.937. The normalized spacial score (nSPS) is 11.3. The van der Waals surface area contributed by atoms with Gasteiger partial charge in [0, 0.05) is 30.8 Å². The van der Waals surface area contributed by atoms with E-state index in [4.69, 9.17) is 4.42 Å². The van der Waals surface area contributed by atoms with Crippen LogP contribution in [0.5, 0.6) is 0 Å². The maximum atomic E-state index is 6.63. The van der Waals surface area contributed by atoms with Gasteiger partial charge in [-0.2, -0.15) is 0 Å². The third-order valence-corrected chi connectivity index (χ3v) is 7.01. The highest BCUT2D eigenvalue weighted by Crippen LogP contribution is 2.45. The Morgan fingerprint density at radius 2 is 0.926 bits per heavy atom. The summed E-state index contributed by atoms with van der Waals surface area (Å²) in [6.45, 7) is 8.57. The van der Waals surface area contributed by atoms with E-state index in [1.807, 2.05) is 0 Å². The lowest BCUT2D eigenvalue weighted by atomic mass is 9.96. The predicted octanol–water partition coefficient (Wildman–Crippen LogP) is 8.53. The summed E-state index contributed by atoms with van der Waals surface area (Å²) >= 11 is 7.33. The molecule has 1 heterocycles. The largest absolute Gasteiger partial charge is 0.455 e. The lowest BCUT2D eigenvalue weighted by Crippen LogP contribution is -1.87. The van der Waals surface area contributed by atoms with Crippen LogP contribution in [-0.2, 0) is 0 Å². The Balaban J connectivity index is 2.15. The Bertz CT molecular complexity index is 1050. The average Bonchev–Trinajstić information content (AvgIpc) is 2.93. The first-order valence-corrected chi connectivity index (χ1v) is 10.5. The molecular weight excluding hydrogens is 464 g/mol. The molecule has 0 saturated heterocycles. The van der Waals surface area contributed by atoms with Gasteiger partial charge in [-0.15, -0.1) is 0 Å². The Kier molecular flexibility index (Phi) is 4.77. The highest BCUT2D eigenvalue weighted by atomic mass is 79.9. The molecule has 0 aliphatic heterocycles. The summed E-state index contributed by atoms with van der Waals surface area (Å²) in [4.78, 5) is 0. The Labute approximate surface area is 176 Å². The first-order valence-electron chi connectivity index (χ1n) is 8.93. The second-order valence-corrected chi connectivity index (χ2v) is 8.81. The SMILES string of the molecule is Cc1cccc(C)c1-c1oc(-c2c(C)cccc2C)c2cc(Br)c(Br)cc12. The summed E-state index contributed by atoms with van der Waals surface area (Å²) in [6, 6.07) is 17.1. The Hall–Kier alpha value is -1.84. The van der Waals surface area contributed by atoms with Crippen molar-refractivity contribution in [3.63, 3.8) is 0 Å². The first kappa shape index (κ1) is 18.5. The third-order valence-electron chi connectivity index (χ3n) is 5.17. The number of fused-ring (bicyclic) bond motifs is 1. The van der Waals surface area contributed by atoms with Crippen molar-refractivity contribution < 1.29 is 4.42 Å². The van der Waals surface area contributed by atoms with Crippen molar-refractivity contribution in [2.45, 2.75) is 27.7 Å². The number of rotatable bonds is 2. The second-order valence-electron chi connectivity index (χ2n) is 7.11. The molecule has 0 spiro atoms. The number of hydrogen-bond acceptors (Lipinski definition) is 1. The fourth-order valence-corrected chi connectivity index (χ4v) is 4.54. The maximum Gasteiger partial charge on any atom is 0.143 e. The maximum absolute atomic E-state index is 6.63. The van der Waals surface area contributed by atoms with Gasteiger partial charge in [-0.3, -0.25) is 0 Å². The summed E-state index contributed by atoms with van der Waals surface area (Å²) < 4.78 is 8.68. The standard InChI is InChI=1S/C24H20Br2O/c1-13-7-5-8-14(2)21(13)23-17-11-19(25)20(26)12-18(17)24(27-23)22-15(3)9-6-10-16(22)4/h5-12H,1-4H3. The molecule has 0 aliphatic rings. The van der Waals surface area contributed by atoms with Crippen LogP contribution in [0.15, 0.2) is 61.9 Å². The van der Waals surface area contributed by atoms with Gasteiger partial charge in [-0.25, -0.2) is 0 Å². The molecule has 0 fully saturated rings. The predicted molar refractivity (Wildman–Crippen MR) is 121 cm³/mol. The second kappa shape index (κ2) is 6.96. The van der Waals surface area contributed by atoms with Crippen LogP contribution >= 0.6 is 31.9 Å². The number of halogens is 2. The molecule has 0 bridgehead atoms. The molecule has 0 saturated carbocycles. The minimum atomic E-state index is 0.937. The van der Waals surface area contributed by atoms with Gasteiger partial charge >= 0.3 is 0 Å². The van der Waals surface area contributed by atoms with Crippen molar-refractivity contribution in [1.82, 2.24) is 0 Å². The highest BCUT2D eigenvalue weighted by molar-refractivity contribution is 9.13. The molecule has 3 aromatic carbocycles. The van der Waals surface area contributed by atoms with Gasteiger partial charge in [0.15, 0.2) is 0 Å². The molecule has 1 aromatic heterocycles. The van der Waals surface area contributed by atoms with Gasteiger partial charge in [-0.05, 0) is 93.9 Å². The van der Waals surface area contributed by atoms with E-state index in [0.29, 0.717) is 0 Å².